The van der Waals surface area contributed by atoms with Crippen molar-refractivity contribution >= 4 is 23.6 Å². The molecule has 0 saturated carbocycles. The average Bonchev–Trinajstić information content (AvgIpc) is 2.40. The molecule has 0 fully saturated rings. The Labute approximate surface area is 110 Å². The van der Waals surface area contributed by atoms with E-state index >= 15 is 0 Å². The number of hydrogen-bond acceptors (Lipinski definition) is 5. The zero-order valence-corrected chi connectivity index (χ0v) is 10.1. The van der Waals surface area contributed by atoms with Gasteiger partial charge in [0.25, 0.3) is 0 Å². The summed E-state index contributed by atoms with van der Waals surface area (Å²) in [5.74, 6) is 0.137. The van der Waals surface area contributed by atoms with Gasteiger partial charge in [0.05, 0.1) is 23.3 Å². The largest absolute Gasteiger partial charge is 0.382 e. The first-order valence-corrected chi connectivity index (χ1v) is 5.45. The molecule has 0 bridgehead atoms. The van der Waals surface area contributed by atoms with E-state index in [0.717, 1.165) is 12.0 Å². The minimum atomic E-state index is 0.137. The second-order valence-corrected chi connectivity index (χ2v) is 3.67. The van der Waals surface area contributed by atoms with Gasteiger partial charge in [0, 0.05) is 6.20 Å². The van der Waals surface area contributed by atoms with Crippen LogP contribution in [0.4, 0.5) is 5.69 Å². The van der Waals surface area contributed by atoms with Gasteiger partial charge in [-0.15, -0.1) is 0 Å². The van der Waals surface area contributed by atoms with E-state index in [4.69, 9.17) is 11.1 Å². The highest BCUT2D eigenvalue weighted by Gasteiger charge is 2.16. The van der Waals surface area contributed by atoms with Gasteiger partial charge in [-0.2, -0.15) is 5.10 Å². The normalized spacial score (nSPS) is 15.2. The average molecular weight is 255 g/mol. The van der Waals surface area contributed by atoms with Crippen LogP contribution in [0.15, 0.2) is 58.7 Å². The smallest absolute Gasteiger partial charge is 0.155 e. The molecule has 2 heterocycles. The van der Waals surface area contributed by atoms with E-state index in [0.29, 0.717) is 17.1 Å². The maximum Gasteiger partial charge on any atom is 0.155 e. The van der Waals surface area contributed by atoms with Crippen molar-refractivity contribution in [2.45, 2.75) is 0 Å². The molecule has 0 aliphatic carbocycles. The Kier molecular flexibility index (Phi) is 3.67. The standard InChI is InChI=1S/C12H13N7/c1-8-5-10(17-9-3-2-4-15-6-9)11(19-18-8)12(14)16-7-13/h2-7,17-18H,1H2,(H3,13,14,16). The van der Waals surface area contributed by atoms with Crippen LogP contribution < -0.4 is 16.5 Å². The fraction of sp³-hybridized carbons (Fsp3) is 0. The number of rotatable bonds is 4. The molecule has 1 aliphatic heterocycles. The maximum absolute atomic E-state index is 6.94. The molecule has 0 saturated heterocycles. The second kappa shape index (κ2) is 5.58. The number of anilines is 1. The van der Waals surface area contributed by atoms with Gasteiger partial charge in [-0.05, 0) is 18.2 Å². The number of nitrogens with two attached hydrogens (primary N) is 1. The molecule has 1 aromatic heterocycles. The molecule has 0 amide bonds. The van der Waals surface area contributed by atoms with E-state index in [1.807, 2.05) is 12.1 Å². The summed E-state index contributed by atoms with van der Waals surface area (Å²) in [5.41, 5.74) is 10.9. The third kappa shape index (κ3) is 3.03. The Morgan fingerprint density at radius 1 is 1.58 bits per heavy atom. The first-order valence-electron chi connectivity index (χ1n) is 5.45. The Morgan fingerprint density at radius 3 is 3.11 bits per heavy atom. The van der Waals surface area contributed by atoms with Crippen molar-refractivity contribution in [1.29, 1.82) is 5.41 Å². The van der Waals surface area contributed by atoms with Crippen LogP contribution in [0.1, 0.15) is 0 Å². The number of aliphatic imine (C=N–C) groups is 1. The van der Waals surface area contributed by atoms with Crippen molar-refractivity contribution in [2.75, 3.05) is 5.32 Å². The number of allylic oxidation sites excluding steroid dienone is 1. The number of hydrogen-bond donors (Lipinski definition) is 4. The monoisotopic (exact) mass is 255 g/mol. The first-order chi connectivity index (χ1) is 9.20. The van der Waals surface area contributed by atoms with Crippen LogP contribution in [-0.4, -0.2) is 22.9 Å². The van der Waals surface area contributed by atoms with Gasteiger partial charge < -0.3 is 11.1 Å². The van der Waals surface area contributed by atoms with Gasteiger partial charge in [-0.1, -0.05) is 6.58 Å². The summed E-state index contributed by atoms with van der Waals surface area (Å²) in [7, 11) is 0. The zero-order chi connectivity index (χ0) is 13.7. The van der Waals surface area contributed by atoms with Gasteiger partial charge in [-0.3, -0.25) is 15.8 Å². The Bertz CT molecular complexity index is 583. The molecule has 0 unspecified atom stereocenters. The van der Waals surface area contributed by atoms with Crippen LogP contribution >= 0.6 is 0 Å². The van der Waals surface area contributed by atoms with Gasteiger partial charge in [0.1, 0.15) is 12.1 Å². The predicted octanol–water partition coefficient (Wildman–Crippen LogP) is 0.815. The highest BCUT2D eigenvalue weighted by molar-refractivity contribution is 6.48. The van der Waals surface area contributed by atoms with Gasteiger partial charge in [-0.25, -0.2) is 4.99 Å². The van der Waals surface area contributed by atoms with Crippen molar-refractivity contribution in [3.05, 3.63) is 48.6 Å². The minimum Gasteiger partial charge on any atom is -0.382 e. The number of nitrogens with zero attached hydrogens (tertiary/aromatic N) is 3. The van der Waals surface area contributed by atoms with Gasteiger partial charge in [0.15, 0.2) is 5.84 Å². The molecular formula is C12H13N7. The SMILES string of the molecule is C=C1C=C(Nc2cccnc2)C(C(N)=NC=N)=NN1. The number of aromatic nitrogens is 1. The van der Waals surface area contributed by atoms with Gasteiger partial charge >= 0.3 is 0 Å². The van der Waals surface area contributed by atoms with E-state index in [1.165, 1.54) is 0 Å². The molecule has 7 nitrogen and oxygen atoms in total. The van der Waals surface area contributed by atoms with E-state index in [2.05, 4.69) is 32.4 Å². The third-order valence-corrected chi connectivity index (χ3v) is 2.27. The fourth-order valence-electron chi connectivity index (χ4n) is 1.48. The zero-order valence-electron chi connectivity index (χ0n) is 10.1. The molecule has 0 spiro atoms. The van der Waals surface area contributed by atoms with E-state index in [1.54, 1.807) is 18.5 Å². The molecule has 96 valence electrons. The number of nitrogens with one attached hydrogen (secondary N) is 3. The second-order valence-electron chi connectivity index (χ2n) is 3.67. The van der Waals surface area contributed by atoms with Crippen molar-refractivity contribution < 1.29 is 0 Å². The Balaban J connectivity index is 2.29. The molecular weight excluding hydrogens is 242 g/mol. The highest BCUT2D eigenvalue weighted by atomic mass is 15.3. The summed E-state index contributed by atoms with van der Waals surface area (Å²) in [6.07, 6.45) is 5.97. The number of amidine groups is 1. The van der Waals surface area contributed by atoms with Gasteiger partial charge in [0.2, 0.25) is 0 Å². The molecule has 2 rings (SSSR count). The topological polar surface area (TPSA) is 112 Å². The summed E-state index contributed by atoms with van der Waals surface area (Å²) in [6.45, 7) is 3.77. The summed E-state index contributed by atoms with van der Waals surface area (Å²) in [4.78, 5) is 7.71. The molecule has 5 N–H and O–H groups in total. The lowest BCUT2D eigenvalue weighted by atomic mass is 10.2. The van der Waals surface area contributed by atoms with Crippen LogP contribution in [0.3, 0.4) is 0 Å². The van der Waals surface area contributed by atoms with Crippen molar-refractivity contribution in [1.82, 2.24) is 10.4 Å². The van der Waals surface area contributed by atoms with E-state index < -0.39 is 0 Å². The third-order valence-electron chi connectivity index (χ3n) is 2.27. The Hall–Kier alpha value is -2.96. The highest BCUT2D eigenvalue weighted by Crippen LogP contribution is 2.13. The summed E-state index contributed by atoms with van der Waals surface area (Å²) < 4.78 is 0. The van der Waals surface area contributed by atoms with Crippen LogP contribution in [0.25, 0.3) is 0 Å². The molecule has 19 heavy (non-hydrogen) atoms. The van der Waals surface area contributed by atoms with Crippen LogP contribution in [-0.2, 0) is 0 Å². The lowest BCUT2D eigenvalue weighted by molar-refractivity contribution is 0.910. The first kappa shape index (κ1) is 12.5. The number of pyridine rings is 1. The summed E-state index contributed by atoms with van der Waals surface area (Å²) >= 11 is 0. The van der Waals surface area contributed by atoms with Crippen LogP contribution in [0.2, 0.25) is 0 Å². The van der Waals surface area contributed by atoms with Crippen molar-refractivity contribution in [3.63, 3.8) is 0 Å². The lowest BCUT2D eigenvalue weighted by Gasteiger charge is -2.17. The lowest BCUT2D eigenvalue weighted by Crippen LogP contribution is -2.33. The van der Waals surface area contributed by atoms with Crippen molar-refractivity contribution in [2.24, 2.45) is 15.8 Å². The predicted molar refractivity (Wildman–Crippen MR) is 76.1 cm³/mol. The molecule has 0 radical (unpaired) electrons. The molecule has 1 aromatic rings. The van der Waals surface area contributed by atoms with Crippen LogP contribution in [0.5, 0.6) is 0 Å². The molecule has 0 aromatic carbocycles. The summed E-state index contributed by atoms with van der Waals surface area (Å²) in [5, 5.41) is 14.1. The quantitative estimate of drug-likeness (QED) is 0.471. The minimum absolute atomic E-state index is 0.137. The fourth-order valence-corrected chi connectivity index (χ4v) is 1.48. The Morgan fingerprint density at radius 2 is 2.42 bits per heavy atom. The molecule has 7 heteroatoms. The van der Waals surface area contributed by atoms with Crippen LogP contribution in [0, 0.1) is 5.41 Å². The van der Waals surface area contributed by atoms with Crippen molar-refractivity contribution in [3.8, 4) is 0 Å². The number of hydrazone groups is 1. The van der Waals surface area contributed by atoms with E-state index in [9.17, 15) is 0 Å². The maximum atomic E-state index is 6.94. The summed E-state index contributed by atoms with van der Waals surface area (Å²) in [6, 6.07) is 3.67. The molecule has 0 atom stereocenters. The molecule has 1 aliphatic rings. The van der Waals surface area contributed by atoms with E-state index in [-0.39, 0.29) is 5.84 Å².